The number of hydrogen-bond acceptors (Lipinski definition) is 4. The molecular weight excluding hydrogens is 164 g/mol. The summed E-state index contributed by atoms with van der Waals surface area (Å²) in [6.07, 6.45) is -0.925. The van der Waals surface area contributed by atoms with E-state index in [2.05, 4.69) is 15.0 Å². The van der Waals surface area contributed by atoms with Crippen LogP contribution < -0.4 is 0 Å². The molecule has 0 fully saturated rings. The topological polar surface area (TPSA) is 88.3 Å². The number of carbonyl (C=O) groups excluding carboxylic acids is 1. The number of amides is 1. The van der Waals surface area contributed by atoms with Crippen LogP contribution in [0.15, 0.2) is 10.2 Å². The molecule has 0 spiro atoms. The van der Waals surface area contributed by atoms with Crippen molar-refractivity contribution in [3.63, 3.8) is 0 Å². The normalized spacial score (nSPS) is 10.1. The molecule has 1 N–H and O–H groups in total. The molecule has 0 aliphatic heterocycles. The number of ether oxygens (including phenoxy) is 1. The Morgan fingerprint density at radius 3 is 2.67 bits per heavy atom. The van der Waals surface area contributed by atoms with Crippen molar-refractivity contribution in [2.45, 2.75) is 13.3 Å². The highest BCUT2D eigenvalue weighted by molar-refractivity contribution is 5.68. The molecule has 0 saturated carbocycles. The first-order valence-corrected chi connectivity index (χ1v) is 3.43. The van der Waals surface area contributed by atoms with Crippen molar-refractivity contribution in [3.05, 3.63) is 0 Å². The van der Waals surface area contributed by atoms with Crippen molar-refractivity contribution >= 4 is 12.1 Å². The highest BCUT2D eigenvalue weighted by Gasteiger charge is 1.97. The lowest BCUT2D eigenvalue weighted by molar-refractivity contribution is -0.136. The van der Waals surface area contributed by atoms with E-state index in [1.807, 2.05) is 0 Å². The van der Waals surface area contributed by atoms with Crippen LogP contribution in [-0.2, 0) is 9.53 Å². The Bertz CT molecular complexity index is 190. The van der Waals surface area contributed by atoms with Gasteiger partial charge in [-0.15, -0.1) is 0 Å². The SMILES string of the molecule is CCOC(=O)/N=N/CCC(=O)O. The zero-order chi connectivity index (χ0) is 9.40. The van der Waals surface area contributed by atoms with E-state index in [-0.39, 0.29) is 19.6 Å². The van der Waals surface area contributed by atoms with Crippen molar-refractivity contribution < 1.29 is 19.4 Å². The van der Waals surface area contributed by atoms with E-state index in [0.29, 0.717) is 0 Å². The predicted octanol–water partition coefficient (Wildman–Crippen LogP) is 1.07. The Morgan fingerprint density at radius 1 is 1.50 bits per heavy atom. The second-order valence-electron chi connectivity index (χ2n) is 1.81. The number of aliphatic carboxylic acids is 1. The van der Waals surface area contributed by atoms with Crippen molar-refractivity contribution in [1.29, 1.82) is 0 Å². The maximum Gasteiger partial charge on any atom is 0.452 e. The van der Waals surface area contributed by atoms with Gasteiger partial charge in [-0.2, -0.15) is 5.11 Å². The number of hydrogen-bond donors (Lipinski definition) is 1. The summed E-state index contributed by atoms with van der Waals surface area (Å²) in [4.78, 5) is 20.4. The smallest absolute Gasteiger partial charge is 0.452 e. The van der Waals surface area contributed by atoms with Crippen LogP contribution in [-0.4, -0.2) is 30.3 Å². The zero-order valence-electron chi connectivity index (χ0n) is 6.69. The molecule has 68 valence electrons. The lowest BCUT2D eigenvalue weighted by atomic mass is 10.4. The summed E-state index contributed by atoms with van der Waals surface area (Å²) < 4.78 is 4.40. The van der Waals surface area contributed by atoms with Crippen LogP contribution in [0.5, 0.6) is 0 Å². The van der Waals surface area contributed by atoms with Gasteiger partial charge in [0.2, 0.25) is 0 Å². The van der Waals surface area contributed by atoms with E-state index >= 15 is 0 Å². The molecule has 0 atom stereocenters. The first-order valence-electron chi connectivity index (χ1n) is 3.43. The first kappa shape index (κ1) is 10.5. The number of nitrogens with zero attached hydrogens (tertiary/aromatic N) is 2. The molecule has 1 amide bonds. The third-order valence-corrected chi connectivity index (χ3v) is 0.846. The van der Waals surface area contributed by atoms with Crippen molar-refractivity contribution in [2.75, 3.05) is 13.2 Å². The van der Waals surface area contributed by atoms with Gasteiger partial charge in [-0.1, -0.05) is 5.11 Å². The van der Waals surface area contributed by atoms with Gasteiger partial charge in [-0.3, -0.25) is 4.79 Å². The van der Waals surface area contributed by atoms with Crippen LogP contribution in [0.1, 0.15) is 13.3 Å². The number of azo groups is 1. The minimum absolute atomic E-state index is 0.00581. The zero-order valence-corrected chi connectivity index (χ0v) is 6.69. The molecule has 0 radical (unpaired) electrons. The minimum atomic E-state index is -0.974. The molecule has 6 heteroatoms. The summed E-state index contributed by atoms with van der Waals surface area (Å²) in [5.74, 6) is -0.974. The second-order valence-corrected chi connectivity index (χ2v) is 1.81. The fourth-order valence-corrected chi connectivity index (χ4v) is 0.406. The number of carboxylic acid groups (broad SMARTS) is 1. The highest BCUT2D eigenvalue weighted by Crippen LogP contribution is 1.87. The largest absolute Gasteiger partial charge is 0.481 e. The van der Waals surface area contributed by atoms with E-state index in [9.17, 15) is 9.59 Å². The summed E-state index contributed by atoms with van der Waals surface area (Å²) in [5, 5.41) is 14.6. The molecule has 0 aromatic rings. The summed E-state index contributed by atoms with van der Waals surface area (Å²) in [6.45, 7) is 1.87. The summed E-state index contributed by atoms with van der Waals surface area (Å²) >= 11 is 0. The molecule has 0 aliphatic carbocycles. The third kappa shape index (κ3) is 6.66. The maximum absolute atomic E-state index is 10.5. The van der Waals surface area contributed by atoms with Gasteiger partial charge in [-0.25, -0.2) is 4.79 Å². The fourth-order valence-electron chi connectivity index (χ4n) is 0.406. The average Bonchev–Trinajstić information content (AvgIpc) is 1.98. The van der Waals surface area contributed by atoms with Gasteiger partial charge in [0.25, 0.3) is 0 Å². The Kier molecular flexibility index (Phi) is 5.50. The van der Waals surface area contributed by atoms with Crippen LogP contribution in [0.3, 0.4) is 0 Å². The van der Waals surface area contributed by atoms with Crippen LogP contribution in [0.2, 0.25) is 0 Å². The van der Waals surface area contributed by atoms with Crippen LogP contribution in [0, 0.1) is 0 Å². The molecule has 0 saturated heterocycles. The fraction of sp³-hybridized carbons (Fsp3) is 0.667. The Balaban J connectivity index is 3.48. The second kappa shape index (κ2) is 6.26. The standard InChI is InChI=1S/C6H10N2O4/c1-2-12-6(11)8-7-4-3-5(9)10/h2-4H2,1H3,(H,9,10)/b8-7+. The van der Waals surface area contributed by atoms with Gasteiger partial charge < -0.3 is 9.84 Å². The first-order chi connectivity index (χ1) is 5.66. The quantitative estimate of drug-likeness (QED) is 0.645. The van der Waals surface area contributed by atoms with E-state index in [1.54, 1.807) is 6.92 Å². The molecule has 0 aliphatic rings. The van der Waals surface area contributed by atoms with Crippen molar-refractivity contribution in [3.8, 4) is 0 Å². The molecule has 0 bridgehead atoms. The molecule has 0 aromatic heterocycles. The lowest BCUT2D eigenvalue weighted by Crippen LogP contribution is -1.99. The highest BCUT2D eigenvalue weighted by atomic mass is 16.5. The molecular formula is C6H10N2O4. The third-order valence-electron chi connectivity index (χ3n) is 0.846. The van der Waals surface area contributed by atoms with Gasteiger partial charge in [0.15, 0.2) is 0 Å². The van der Waals surface area contributed by atoms with E-state index in [4.69, 9.17) is 5.11 Å². The minimum Gasteiger partial charge on any atom is -0.481 e. The summed E-state index contributed by atoms with van der Waals surface area (Å²) in [7, 11) is 0. The molecule has 0 unspecified atom stereocenters. The molecule has 0 rings (SSSR count). The lowest BCUT2D eigenvalue weighted by Gasteiger charge is -1.91. The Labute approximate surface area is 69.2 Å². The van der Waals surface area contributed by atoms with Gasteiger partial charge in [0.1, 0.15) is 0 Å². The molecule has 12 heavy (non-hydrogen) atoms. The van der Waals surface area contributed by atoms with E-state index in [1.165, 1.54) is 0 Å². The van der Waals surface area contributed by atoms with Gasteiger partial charge in [0, 0.05) is 0 Å². The van der Waals surface area contributed by atoms with E-state index in [0.717, 1.165) is 0 Å². The van der Waals surface area contributed by atoms with Gasteiger partial charge in [-0.05, 0) is 6.92 Å². The maximum atomic E-state index is 10.5. The Morgan fingerprint density at radius 2 is 2.17 bits per heavy atom. The number of rotatable bonds is 4. The van der Waals surface area contributed by atoms with Gasteiger partial charge in [0.05, 0.1) is 19.6 Å². The van der Waals surface area contributed by atoms with Gasteiger partial charge >= 0.3 is 12.1 Å². The van der Waals surface area contributed by atoms with Crippen LogP contribution in [0.4, 0.5) is 4.79 Å². The molecule has 0 heterocycles. The van der Waals surface area contributed by atoms with Crippen molar-refractivity contribution in [2.24, 2.45) is 10.2 Å². The summed E-state index contributed by atoms with van der Waals surface area (Å²) in [6, 6.07) is 0. The van der Waals surface area contributed by atoms with Crippen LogP contribution >= 0.6 is 0 Å². The Hall–Kier alpha value is -1.46. The summed E-state index contributed by atoms with van der Waals surface area (Å²) in [5.41, 5.74) is 0. The molecule has 0 aromatic carbocycles. The van der Waals surface area contributed by atoms with Crippen LogP contribution in [0.25, 0.3) is 0 Å². The number of carbonyl (C=O) groups is 2. The van der Waals surface area contributed by atoms with E-state index < -0.39 is 12.1 Å². The molecule has 6 nitrogen and oxygen atoms in total. The predicted molar refractivity (Wildman–Crippen MR) is 39.0 cm³/mol. The number of carboxylic acids is 1. The monoisotopic (exact) mass is 174 g/mol. The van der Waals surface area contributed by atoms with Crippen molar-refractivity contribution in [1.82, 2.24) is 0 Å². The average molecular weight is 174 g/mol.